The smallest absolute Gasteiger partial charge is 0.223 e. The lowest BCUT2D eigenvalue weighted by Gasteiger charge is -2.16. The summed E-state index contributed by atoms with van der Waals surface area (Å²) in [5, 5.41) is 13.3. The maximum atomic E-state index is 13.6. The molecule has 2 rings (SSSR count). The molecule has 0 aliphatic carbocycles. The molecule has 0 aliphatic heterocycles. The van der Waals surface area contributed by atoms with Crippen molar-refractivity contribution >= 4 is 17.5 Å². The lowest BCUT2D eigenvalue weighted by molar-refractivity contribution is -0.124. The van der Waals surface area contributed by atoms with E-state index in [1.807, 2.05) is 12.1 Å². The van der Waals surface area contributed by atoms with Crippen molar-refractivity contribution in [2.45, 2.75) is 19.4 Å². The van der Waals surface area contributed by atoms with Crippen molar-refractivity contribution in [3.63, 3.8) is 0 Å². The van der Waals surface area contributed by atoms with Crippen LogP contribution in [0.3, 0.4) is 0 Å². The second-order valence-corrected chi connectivity index (χ2v) is 5.95. The van der Waals surface area contributed by atoms with Gasteiger partial charge in [0.25, 0.3) is 0 Å². The molecule has 5 heteroatoms. The molecule has 0 saturated carbocycles. The number of aliphatic hydroxyl groups excluding tert-OH is 1. The van der Waals surface area contributed by atoms with Gasteiger partial charge >= 0.3 is 0 Å². The molecule has 0 radical (unpaired) electrons. The van der Waals surface area contributed by atoms with Crippen LogP contribution in [0.2, 0.25) is 5.02 Å². The first-order valence-electron chi connectivity index (χ1n) is 7.42. The normalized spacial score (nSPS) is 13.4. The van der Waals surface area contributed by atoms with Crippen molar-refractivity contribution in [1.29, 1.82) is 0 Å². The van der Waals surface area contributed by atoms with Gasteiger partial charge in [0, 0.05) is 23.0 Å². The maximum Gasteiger partial charge on any atom is 0.223 e. The van der Waals surface area contributed by atoms with Crippen LogP contribution in [-0.4, -0.2) is 17.6 Å². The fourth-order valence-corrected chi connectivity index (χ4v) is 2.42. The number of benzene rings is 2. The molecule has 0 aliphatic rings. The molecule has 0 fully saturated rings. The number of hydrogen-bond donors (Lipinski definition) is 2. The van der Waals surface area contributed by atoms with Gasteiger partial charge in [0.15, 0.2) is 0 Å². The van der Waals surface area contributed by atoms with E-state index < -0.39 is 11.9 Å². The largest absolute Gasteiger partial charge is 0.386 e. The predicted octanol–water partition coefficient (Wildman–Crippen LogP) is 3.51. The third-order valence-electron chi connectivity index (χ3n) is 3.64. The molecule has 122 valence electrons. The highest BCUT2D eigenvalue weighted by molar-refractivity contribution is 6.30. The van der Waals surface area contributed by atoms with E-state index in [1.165, 1.54) is 12.1 Å². The van der Waals surface area contributed by atoms with Crippen molar-refractivity contribution in [1.82, 2.24) is 5.32 Å². The molecule has 0 spiro atoms. The number of amides is 1. The topological polar surface area (TPSA) is 49.3 Å². The first-order chi connectivity index (χ1) is 11.0. The van der Waals surface area contributed by atoms with Crippen molar-refractivity contribution in [3.8, 4) is 0 Å². The molecular weight excluding hydrogens is 317 g/mol. The lowest BCUT2D eigenvalue weighted by atomic mass is 10.00. The summed E-state index contributed by atoms with van der Waals surface area (Å²) in [5.41, 5.74) is 1.19. The summed E-state index contributed by atoms with van der Waals surface area (Å²) in [4.78, 5) is 12.1. The second-order valence-electron chi connectivity index (χ2n) is 5.51. The highest BCUT2D eigenvalue weighted by Gasteiger charge is 2.17. The third-order valence-corrected chi connectivity index (χ3v) is 3.89. The quantitative estimate of drug-likeness (QED) is 0.848. The van der Waals surface area contributed by atoms with Crippen LogP contribution in [0.1, 0.15) is 24.2 Å². The Morgan fingerprint density at radius 1 is 1.22 bits per heavy atom. The minimum absolute atomic E-state index is 0.0231. The fraction of sp³-hybridized carbons (Fsp3) is 0.278. The molecule has 1 amide bonds. The lowest BCUT2D eigenvalue weighted by Crippen LogP contribution is -2.33. The summed E-state index contributed by atoms with van der Waals surface area (Å²) in [6.45, 7) is 1.78. The summed E-state index contributed by atoms with van der Waals surface area (Å²) in [6.07, 6.45) is -0.499. The highest BCUT2D eigenvalue weighted by atomic mass is 35.5. The van der Waals surface area contributed by atoms with Gasteiger partial charge in [0.2, 0.25) is 5.91 Å². The van der Waals surface area contributed by atoms with Crippen LogP contribution < -0.4 is 5.32 Å². The van der Waals surface area contributed by atoms with Crippen LogP contribution >= 0.6 is 11.6 Å². The van der Waals surface area contributed by atoms with Crippen molar-refractivity contribution in [2.24, 2.45) is 5.92 Å². The molecule has 23 heavy (non-hydrogen) atoms. The standard InChI is InChI=1S/C18H19ClFNO2/c1-12(10-13-6-8-14(19)9-7-13)18(23)21-11-17(22)15-4-2-3-5-16(15)20/h2-9,12,17,22H,10-11H2,1H3,(H,21,23). The Bertz CT molecular complexity index is 660. The first-order valence-corrected chi connectivity index (χ1v) is 7.80. The molecule has 0 bridgehead atoms. The van der Waals surface area contributed by atoms with Gasteiger partial charge in [-0.1, -0.05) is 48.9 Å². The SMILES string of the molecule is CC(Cc1ccc(Cl)cc1)C(=O)NCC(O)c1ccccc1F. The minimum Gasteiger partial charge on any atom is -0.386 e. The zero-order chi connectivity index (χ0) is 16.8. The zero-order valence-corrected chi connectivity index (χ0v) is 13.6. The Labute approximate surface area is 140 Å². The van der Waals surface area contributed by atoms with E-state index in [2.05, 4.69) is 5.32 Å². The molecule has 3 nitrogen and oxygen atoms in total. The van der Waals surface area contributed by atoms with E-state index in [9.17, 15) is 14.3 Å². The van der Waals surface area contributed by atoms with Gasteiger partial charge < -0.3 is 10.4 Å². The van der Waals surface area contributed by atoms with E-state index in [1.54, 1.807) is 31.2 Å². The van der Waals surface area contributed by atoms with Crippen LogP contribution in [0.15, 0.2) is 48.5 Å². The number of carbonyl (C=O) groups is 1. The summed E-state index contributed by atoms with van der Waals surface area (Å²) in [7, 11) is 0. The van der Waals surface area contributed by atoms with Crippen molar-refractivity contribution in [2.75, 3.05) is 6.54 Å². The molecular formula is C18H19ClFNO2. The number of carbonyl (C=O) groups excluding carboxylic acids is 1. The first kappa shape index (κ1) is 17.4. The Kier molecular flexibility index (Phi) is 6.13. The zero-order valence-electron chi connectivity index (χ0n) is 12.8. The van der Waals surface area contributed by atoms with Crippen LogP contribution in [-0.2, 0) is 11.2 Å². The molecule has 2 aromatic carbocycles. The van der Waals surface area contributed by atoms with Crippen molar-refractivity contribution < 1.29 is 14.3 Å². The van der Waals surface area contributed by atoms with Crippen LogP contribution in [0.5, 0.6) is 0 Å². The predicted molar refractivity (Wildman–Crippen MR) is 88.7 cm³/mol. The summed E-state index contributed by atoms with van der Waals surface area (Å²) in [6, 6.07) is 13.3. The molecule has 0 heterocycles. The highest BCUT2D eigenvalue weighted by Crippen LogP contribution is 2.16. The molecule has 0 aromatic heterocycles. The molecule has 2 aromatic rings. The van der Waals surface area contributed by atoms with Gasteiger partial charge in [-0.2, -0.15) is 0 Å². The van der Waals surface area contributed by atoms with Crippen molar-refractivity contribution in [3.05, 3.63) is 70.5 Å². The van der Waals surface area contributed by atoms with E-state index in [0.29, 0.717) is 11.4 Å². The van der Waals surface area contributed by atoms with Crippen LogP contribution in [0, 0.1) is 11.7 Å². The fourth-order valence-electron chi connectivity index (χ4n) is 2.29. The van der Waals surface area contributed by atoms with E-state index in [-0.39, 0.29) is 23.9 Å². The maximum absolute atomic E-state index is 13.6. The minimum atomic E-state index is -1.07. The van der Waals surface area contributed by atoms with Gasteiger partial charge in [0.1, 0.15) is 5.82 Å². The summed E-state index contributed by atoms with van der Waals surface area (Å²) in [5.74, 6) is -0.928. The van der Waals surface area contributed by atoms with Crippen LogP contribution in [0.25, 0.3) is 0 Å². The number of aliphatic hydroxyl groups is 1. The Hall–Kier alpha value is -1.91. The Morgan fingerprint density at radius 3 is 2.52 bits per heavy atom. The van der Waals surface area contributed by atoms with Crippen LogP contribution in [0.4, 0.5) is 4.39 Å². The van der Waals surface area contributed by atoms with Gasteiger partial charge in [-0.05, 0) is 30.2 Å². The third kappa shape index (κ3) is 5.05. The monoisotopic (exact) mass is 335 g/mol. The Balaban J connectivity index is 1.86. The average molecular weight is 336 g/mol. The van der Waals surface area contributed by atoms with Gasteiger partial charge in [-0.3, -0.25) is 4.79 Å². The number of rotatable bonds is 6. The average Bonchev–Trinajstić information content (AvgIpc) is 2.54. The Morgan fingerprint density at radius 2 is 1.87 bits per heavy atom. The number of halogens is 2. The second kappa shape index (κ2) is 8.09. The van der Waals surface area contributed by atoms with E-state index >= 15 is 0 Å². The molecule has 2 atom stereocenters. The van der Waals surface area contributed by atoms with Gasteiger partial charge in [0.05, 0.1) is 6.10 Å². The van der Waals surface area contributed by atoms with E-state index in [4.69, 9.17) is 11.6 Å². The van der Waals surface area contributed by atoms with E-state index in [0.717, 1.165) is 5.56 Å². The molecule has 2 N–H and O–H groups in total. The van der Waals surface area contributed by atoms with Gasteiger partial charge in [-0.25, -0.2) is 4.39 Å². The summed E-state index contributed by atoms with van der Waals surface area (Å²) >= 11 is 5.83. The number of hydrogen-bond acceptors (Lipinski definition) is 2. The molecule has 2 unspecified atom stereocenters. The molecule has 0 saturated heterocycles. The van der Waals surface area contributed by atoms with Gasteiger partial charge in [-0.15, -0.1) is 0 Å². The number of nitrogens with one attached hydrogen (secondary N) is 1. The summed E-state index contributed by atoms with van der Waals surface area (Å²) < 4.78 is 13.6.